The third-order valence-corrected chi connectivity index (χ3v) is 5.87. The number of hydrogen-bond donors (Lipinski definition) is 1. The third kappa shape index (κ3) is 1.65. The monoisotopic (exact) mass is 272 g/mol. The molecule has 5 unspecified atom stereocenters. The van der Waals surface area contributed by atoms with Gasteiger partial charge in [-0.15, -0.1) is 0 Å². The fourth-order valence-corrected chi connectivity index (χ4v) is 4.86. The summed E-state index contributed by atoms with van der Waals surface area (Å²) in [6, 6.07) is 9.08. The molecular weight excluding hydrogens is 252 g/mol. The van der Waals surface area contributed by atoms with Gasteiger partial charge in [0.05, 0.1) is 17.8 Å². The summed E-state index contributed by atoms with van der Waals surface area (Å²) >= 11 is 0. The highest BCUT2D eigenvalue weighted by Gasteiger charge is 2.66. The molecule has 3 heteroatoms. The maximum atomic E-state index is 12.0. The Balaban J connectivity index is 1.42. The molecule has 0 heterocycles. The molecule has 1 aromatic rings. The Morgan fingerprint density at radius 2 is 2.10 bits per heavy atom. The summed E-state index contributed by atoms with van der Waals surface area (Å²) in [6.07, 6.45) is 4.45. The number of benzene rings is 1. The molecule has 2 bridgehead atoms. The number of hydrogen-bond acceptors (Lipinski definition) is 3. The lowest BCUT2D eigenvalue weighted by Crippen LogP contribution is -2.62. The van der Waals surface area contributed by atoms with Gasteiger partial charge in [0.15, 0.2) is 0 Å². The summed E-state index contributed by atoms with van der Waals surface area (Å²) < 4.78 is 5.46. The van der Waals surface area contributed by atoms with Crippen LogP contribution in [0, 0.1) is 23.7 Å². The quantitative estimate of drug-likeness (QED) is 0.860. The molecule has 3 saturated carbocycles. The molecule has 3 aliphatic carbocycles. The molecule has 4 rings (SSSR count). The van der Waals surface area contributed by atoms with Gasteiger partial charge in [0.25, 0.3) is 0 Å². The van der Waals surface area contributed by atoms with Gasteiger partial charge >= 0.3 is 5.97 Å². The zero-order valence-corrected chi connectivity index (χ0v) is 11.5. The predicted octanol–water partition coefficient (Wildman–Crippen LogP) is 2.64. The van der Waals surface area contributed by atoms with E-state index in [9.17, 15) is 9.90 Å². The highest BCUT2D eigenvalue weighted by Crippen LogP contribution is 2.65. The first kappa shape index (κ1) is 12.4. The minimum Gasteiger partial charge on any atom is -0.462 e. The summed E-state index contributed by atoms with van der Waals surface area (Å²) in [5, 5.41) is 10.8. The van der Waals surface area contributed by atoms with Gasteiger partial charge in [-0.2, -0.15) is 0 Å². The number of carbonyl (C=O) groups is 1. The van der Waals surface area contributed by atoms with Crippen LogP contribution in [0.25, 0.3) is 0 Å². The topological polar surface area (TPSA) is 46.5 Å². The minimum atomic E-state index is -0.547. The lowest BCUT2D eigenvalue weighted by molar-refractivity contribution is -0.205. The van der Waals surface area contributed by atoms with Gasteiger partial charge in [0.2, 0.25) is 0 Å². The summed E-state index contributed by atoms with van der Waals surface area (Å²) in [4.78, 5) is 12.0. The summed E-state index contributed by atoms with van der Waals surface area (Å²) in [5.41, 5.74) is 0.0420. The van der Waals surface area contributed by atoms with E-state index in [-0.39, 0.29) is 11.9 Å². The molecule has 5 atom stereocenters. The van der Waals surface area contributed by atoms with Gasteiger partial charge in [-0.25, -0.2) is 4.79 Å². The number of esters is 1. The van der Waals surface area contributed by atoms with Crippen molar-refractivity contribution in [1.82, 2.24) is 0 Å². The van der Waals surface area contributed by atoms with Crippen molar-refractivity contribution in [1.29, 1.82) is 0 Å². The van der Waals surface area contributed by atoms with Gasteiger partial charge in [-0.3, -0.25) is 0 Å². The molecule has 0 aromatic heterocycles. The molecule has 1 N–H and O–H groups in total. The Kier molecular flexibility index (Phi) is 2.68. The summed E-state index contributed by atoms with van der Waals surface area (Å²) in [5.74, 6) is 1.75. The normalized spacial score (nSPS) is 41.0. The average Bonchev–Trinajstić information content (AvgIpc) is 2.73. The zero-order chi connectivity index (χ0) is 13.7. The van der Waals surface area contributed by atoms with Crippen molar-refractivity contribution in [2.75, 3.05) is 6.61 Å². The van der Waals surface area contributed by atoms with Crippen LogP contribution in [0.3, 0.4) is 0 Å². The van der Waals surface area contributed by atoms with Gasteiger partial charge in [0, 0.05) is 5.92 Å². The third-order valence-electron chi connectivity index (χ3n) is 5.87. The van der Waals surface area contributed by atoms with Crippen LogP contribution >= 0.6 is 0 Å². The molecular formula is C17H20O3. The molecule has 0 spiro atoms. The summed E-state index contributed by atoms with van der Waals surface area (Å²) in [6.45, 7) is 0.373. The molecule has 106 valence electrons. The molecule has 0 aliphatic heterocycles. The first-order valence-corrected chi connectivity index (χ1v) is 7.63. The Morgan fingerprint density at radius 3 is 2.90 bits per heavy atom. The Labute approximate surface area is 118 Å². The number of aliphatic hydroxyl groups is 1. The Bertz CT molecular complexity index is 526. The van der Waals surface area contributed by atoms with Gasteiger partial charge in [-0.1, -0.05) is 18.2 Å². The van der Waals surface area contributed by atoms with Crippen LogP contribution in [-0.4, -0.2) is 23.3 Å². The SMILES string of the molecule is O=C(OCC1C2CC3CCC1(O)C2C3)c1ccccc1. The van der Waals surface area contributed by atoms with Crippen molar-refractivity contribution < 1.29 is 14.6 Å². The average molecular weight is 272 g/mol. The van der Waals surface area contributed by atoms with Gasteiger partial charge in [0.1, 0.15) is 0 Å². The second kappa shape index (κ2) is 4.32. The van der Waals surface area contributed by atoms with Gasteiger partial charge in [-0.05, 0) is 55.6 Å². The Hall–Kier alpha value is -1.35. The van der Waals surface area contributed by atoms with E-state index in [0.717, 1.165) is 18.8 Å². The van der Waals surface area contributed by atoms with E-state index < -0.39 is 5.60 Å². The molecule has 3 nitrogen and oxygen atoms in total. The fraction of sp³-hybridized carbons (Fsp3) is 0.588. The maximum Gasteiger partial charge on any atom is 0.338 e. The van der Waals surface area contributed by atoms with E-state index in [2.05, 4.69) is 0 Å². The highest BCUT2D eigenvalue weighted by molar-refractivity contribution is 5.89. The fourth-order valence-electron chi connectivity index (χ4n) is 4.86. The van der Waals surface area contributed by atoms with E-state index in [1.807, 2.05) is 18.2 Å². The van der Waals surface area contributed by atoms with Crippen LogP contribution < -0.4 is 0 Å². The van der Waals surface area contributed by atoms with E-state index in [1.165, 1.54) is 12.8 Å². The smallest absolute Gasteiger partial charge is 0.338 e. The van der Waals surface area contributed by atoms with Crippen LogP contribution in [0.2, 0.25) is 0 Å². The molecule has 3 aliphatic rings. The second-order valence-corrected chi connectivity index (χ2v) is 6.71. The number of fused-ring (bicyclic) bond motifs is 1. The van der Waals surface area contributed by atoms with E-state index in [4.69, 9.17) is 4.74 Å². The molecule has 0 radical (unpaired) electrons. The Morgan fingerprint density at radius 1 is 1.30 bits per heavy atom. The van der Waals surface area contributed by atoms with Crippen LogP contribution in [-0.2, 0) is 4.74 Å². The van der Waals surface area contributed by atoms with E-state index >= 15 is 0 Å². The highest BCUT2D eigenvalue weighted by atomic mass is 16.5. The minimum absolute atomic E-state index is 0.160. The molecule has 20 heavy (non-hydrogen) atoms. The van der Waals surface area contributed by atoms with Crippen molar-refractivity contribution in [3.63, 3.8) is 0 Å². The lowest BCUT2D eigenvalue weighted by Gasteiger charge is -2.56. The predicted molar refractivity (Wildman–Crippen MR) is 74.1 cm³/mol. The van der Waals surface area contributed by atoms with Crippen molar-refractivity contribution in [2.45, 2.75) is 31.3 Å². The first-order chi connectivity index (χ1) is 9.68. The van der Waals surface area contributed by atoms with Crippen LogP contribution in [0.4, 0.5) is 0 Å². The van der Waals surface area contributed by atoms with Crippen molar-refractivity contribution in [2.24, 2.45) is 23.7 Å². The largest absolute Gasteiger partial charge is 0.462 e. The molecule has 3 fully saturated rings. The van der Waals surface area contributed by atoms with Gasteiger partial charge < -0.3 is 9.84 Å². The van der Waals surface area contributed by atoms with E-state index in [1.54, 1.807) is 12.1 Å². The number of rotatable bonds is 3. The zero-order valence-electron chi connectivity index (χ0n) is 11.5. The second-order valence-electron chi connectivity index (χ2n) is 6.71. The van der Waals surface area contributed by atoms with E-state index in [0.29, 0.717) is 24.0 Å². The van der Waals surface area contributed by atoms with Crippen molar-refractivity contribution in [3.8, 4) is 0 Å². The van der Waals surface area contributed by atoms with Crippen molar-refractivity contribution >= 4 is 5.97 Å². The number of carbonyl (C=O) groups excluding carboxylic acids is 1. The molecule has 0 saturated heterocycles. The lowest BCUT2D eigenvalue weighted by atomic mass is 9.53. The summed E-state index contributed by atoms with van der Waals surface area (Å²) in [7, 11) is 0. The van der Waals surface area contributed by atoms with Crippen LogP contribution in [0.5, 0.6) is 0 Å². The van der Waals surface area contributed by atoms with Crippen LogP contribution in [0.1, 0.15) is 36.0 Å². The standard InChI is InChI=1S/C17H20O3/c18-16(12-4-2-1-3-5-12)20-10-15-13-8-11-6-7-17(15,19)14(13)9-11/h1-5,11,13-15,19H,6-10H2. The molecule has 0 amide bonds. The number of ether oxygens (including phenoxy) is 1. The molecule has 1 aromatic carbocycles. The van der Waals surface area contributed by atoms with Crippen molar-refractivity contribution in [3.05, 3.63) is 35.9 Å². The maximum absolute atomic E-state index is 12.0. The van der Waals surface area contributed by atoms with Crippen LogP contribution in [0.15, 0.2) is 30.3 Å². The first-order valence-electron chi connectivity index (χ1n) is 7.63.